The Morgan fingerprint density at radius 3 is 1.74 bits per heavy atom. The first-order chi connectivity index (χ1) is 23.3. The Labute approximate surface area is 280 Å². The average molecular weight is 763 g/mol. The first-order valence-electron chi connectivity index (χ1n) is 14.8. The summed E-state index contributed by atoms with van der Waals surface area (Å²) in [5, 5.41) is 142. The summed E-state index contributed by atoms with van der Waals surface area (Å²) in [7, 11) is -5.23. The molecule has 0 unspecified atom stereocenters. The van der Waals surface area contributed by atoms with Crippen molar-refractivity contribution in [3.05, 3.63) is 0 Å². The summed E-state index contributed by atoms with van der Waals surface area (Å²) in [6.45, 7) is -4.27. The molecule has 0 amide bonds. The van der Waals surface area contributed by atoms with Crippen molar-refractivity contribution in [3.63, 3.8) is 0 Å². The van der Waals surface area contributed by atoms with E-state index in [2.05, 4.69) is 4.52 Å². The van der Waals surface area contributed by atoms with Crippen molar-refractivity contribution in [3.8, 4) is 0 Å². The van der Waals surface area contributed by atoms with E-state index in [1.165, 1.54) is 0 Å². The minimum Gasteiger partial charge on any atom is -0.479 e. The zero-order valence-corrected chi connectivity index (χ0v) is 26.5. The van der Waals surface area contributed by atoms with E-state index < -0.39 is 157 Å². The zero-order chi connectivity index (χ0) is 37.8. The molecule has 0 aromatic carbocycles. The summed E-state index contributed by atoms with van der Waals surface area (Å²) in [4.78, 5) is 30.4. The lowest BCUT2D eigenvalue weighted by molar-refractivity contribution is -0.388. The summed E-state index contributed by atoms with van der Waals surface area (Å²) in [6, 6.07) is 0. The number of aliphatic hydroxyl groups excluding tert-OH is 13. The molecular weight excluding hydrogens is 719 g/mol. The summed E-state index contributed by atoms with van der Waals surface area (Å²) in [5.74, 6) is -1.93. The largest absolute Gasteiger partial charge is 0.479 e. The average Bonchev–Trinajstić information content (AvgIpc) is 3.07. The van der Waals surface area contributed by atoms with Crippen LogP contribution in [0.3, 0.4) is 0 Å². The molecule has 0 radical (unpaired) electrons. The molecule has 0 aromatic rings. The number of ether oxygens (including phenoxy) is 6. The van der Waals surface area contributed by atoms with Gasteiger partial charge in [-0.25, -0.2) is 9.36 Å². The monoisotopic (exact) mass is 762 g/mol. The van der Waals surface area contributed by atoms with E-state index in [1.807, 2.05) is 0 Å². The van der Waals surface area contributed by atoms with Crippen LogP contribution in [-0.4, -0.2) is 230 Å². The molecule has 0 saturated carbocycles. The maximum Gasteiger partial charge on any atom is 0.469 e. The fourth-order valence-corrected chi connectivity index (χ4v) is 5.56. The molecule has 3 rings (SSSR count). The summed E-state index contributed by atoms with van der Waals surface area (Å²) >= 11 is 0. The van der Waals surface area contributed by atoms with Crippen LogP contribution in [0, 0.1) is 0 Å². The maximum atomic E-state index is 12.3. The number of aliphatic hydroxyl groups is 13. The molecule has 3 fully saturated rings. The van der Waals surface area contributed by atoms with Gasteiger partial charge in [-0.3, -0.25) is 4.52 Å². The van der Waals surface area contributed by atoms with Gasteiger partial charge in [-0.1, -0.05) is 0 Å². The van der Waals surface area contributed by atoms with Crippen LogP contribution < -0.4 is 0 Å². The van der Waals surface area contributed by atoms with Crippen LogP contribution in [-0.2, 0) is 42.3 Å². The number of phosphoric ester groups is 1. The van der Waals surface area contributed by atoms with Gasteiger partial charge in [-0.2, -0.15) is 0 Å². The van der Waals surface area contributed by atoms with Crippen molar-refractivity contribution in [1.29, 1.82) is 0 Å². The van der Waals surface area contributed by atoms with E-state index >= 15 is 0 Å². The summed E-state index contributed by atoms with van der Waals surface area (Å²) in [6.07, 6.45) is -40.1. The van der Waals surface area contributed by atoms with Gasteiger partial charge in [-0.15, -0.1) is 0 Å². The van der Waals surface area contributed by atoms with E-state index in [1.54, 1.807) is 0 Å². The summed E-state index contributed by atoms with van der Waals surface area (Å²) < 4.78 is 47.6. The number of phosphoric acid groups is 1. The van der Waals surface area contributed by atoms with Crippen molar-refractivity contribution in [1.82, 2.24) is 0 Å². The number of carboxylic acid groups (broad SMARTS) is 1. The van der Waals surface area contributed by atoms with E-state index in [0.717, 1.165) is 0 Å². The molecule has 294 valence electrons. The van der Waals surface area contributed by atoms with Gasteiger partial charge in [0.1, 0.15) is 91.6 Å². The number of carbonyl (C=O) groups is 1. The van der Waals surface area contributed by atoms with Crippen molar-refractivity contribution in [2.75, 3.05) is 26.4 Å². The predicted octanol–water partition coefficient (Wildman–Crippen LogP) is -9.90. The molecule has 3 heterocycles. The van der Waals surface area contributed by atoms with Crippen LogP contribution in [0.1, 0.15) is 0 Å². The molecule has 3 aliphatic rings. The van der Waals surface area contributed by atoms with Crippen molar-refractivity contribution in [2.24, 2.45) is 0 Å². The van der Waals surface area contributed by atoms with Crippen LogP contribution in [0.25, 0.3) is 0 Å². The quantitative estimate of drug-likeness (QED) is 0.0649. The molecular formula is C24H43O25P. The molecule has 3 aliphatic heterocycles. The molecule has 19 atom stereocenters. The minimum atomic E-state index is -5.23. The molecule has 0 bridgehead atoms. The van der Waals surface area contributed by atoms with Crippen molar-refractivity contribution >= 4 is 13.8 Å². The van der Waals surface area contributed by atoms with E-state index in [0.29, 0.717) is 0 Å². The number of aliphatic carboxylic acids is 1. The highest BCUT2D eigenvalue weighted by atomic mass is 31.2. The molecule has 25 nitrogen and oxygen atoms in total. The third kappa shape index (κ3) is 10.1. The fourth-order valence-electron chi connectivity index (χ4n) is 5.22. The molecule has 16 N–H and O–H groups in total. The number of hydrogen-bond donors (Lipinski definition) is 16. The Morgan fingerprint density at radius 1 is 0.660 bits per heavy atom. The van der Waals surface area contributed by atoms with Crippen molar-refractivity contribution < 1.29 is 124 Å². The Morgan fingerprint density at radius 2 is 1.20 bits per heavy atom. The Kier molecular flexibility index (Phi) is 15.8. The first-order valence-corrected chi connectivity index (χ1v) is 16.3. The molecule has 50 heavy (non-hydrogen) atoms. The van der Waals surface area contributed by atoms with Gasteiger partial charge in [0.25, 0.3) is 0 Å². The summed E-state index contributed by atoms with van der Waals surface area (Å²) in [5.41, 5.74) is 0. The highest BCUT2D eigenvalue weighted by Crippen LogP contribution is 2.38. The van der Waals surface area contributed by atoms with Gasteiger partial charge >= 0.3 is 13.8 Å². The molecule has 0 aliphatic carbocycles. The SMILES string of the molecule is O=C(O)[C@H]1O[C@H](O[C@@H](CO)[C@@H](O)[C@@H](O)[C@H](O)CO)[C@H](O)[C@@H](O)[C@@H]1O[C@@H]1O[C@H](COP(=O)(O)O)[C@@H](O)[C@H](O)[C@@H]1O[C@@H]1O[C@H](CO)[C@@H](O)[C@H](O)[C@@H]1O. The predicted molar refractivity (Wildman–Crippen MR) is 148 cm³/mol. The van der Waals surface area contributed by atoms with Crippen LogP contribution in [0.4, 0.5) is 0 Å². The zero-order valence-electron chi connectivity index (χ0n) is 25.6. The van der Waals surface area contributed by atoms with E-state index in [9.17, 15) is 75.7 Å². The number of carboxylic acids is 1. The maximum absolute atomic E-state index is 12.3. The lowest BCUT2D eigenvalue weighted by atomic mass is 9.96. The smallest absolute Gasteiger partial charge is 0.469 e. The second kappa shape index (κ2) is 18.2. The standard InChI is InChI=1S/C24H43O25P/c25-1-5(28)9(29)10(30)6(2-26)44-23-17(37)15(35)18(20(49-23)21(38)39)47-24-19(14(34)12(32)8(46-24)4-43-50(40,41)42)48-22-16(36)13(33)11(31)7(3-27)45-22/h5-20,22-37H,1-4H2,(H,38,39)(H2,40,41,42)/t5-,6+,7-,8-,9+,10-,11-,12-,13+,14+,15-,16+,17-,18+,19+,20+,22+,23+,24+/m1/s1. The van der Waals surface area contributed by atoms with Crippen LogP contribution >= 0.6 is 7.82 Å². The topological polar surface area (TPSA) is 422 Å². The second-order valence-corrected chi connectivity index (χ2v) is 12.8. The molecule has 0 spiro atoms. The Hall–Kier alpha value is -1.18. The van der Waals surface area contributed by atoms with Gasteiger partial charge in [-0.05, 0) is 0 Å². The lowest BCUT2D eigenvalue weighted by Crippen LogP contribution is -2.67. The normalized spacial score (nSPS) is 42.4. The van der Waals surface area contributed by atoms with E-state index in [-0.39, 0.29) is 0 Å². The number of hydrogen-bond acceptors (Lipinski definition) is 22. The lowest BCUT2D eigenvalue weighted by Gasteiger charge is -2.48. The third-order valence-electron chi connectivity index (χ3n) is 8.07. The first kappa shape index (κ1) is 43.2. The highest BCUT2D eigenvalue weighted by Gasteiger charge is 2.56. The van der Waals surface area contributed by atoms with Gasteiger partial charge in [0.2, 0.25) is 0 Å². The van der Waals surface area contributed by atoms with Gasteiger partial charge in [0, 0.05) is 0 Å². The molecule has 3 saturated heterocycles. The van der Waals surface area contributed by atoms with Crippen LogP contribution in [0.15, 0.2) is 0 Å². The third-order valence-corrected chi connectivity index (χ3v) is 8.56. The highest BCUT2D eigenvalue weighted by molar-refractivity contribution is 7.46. The fraction of sp³-hybridized carbons (Fsp3) is 0.958. The Balaban J connectivity index is 1.91. The van der Waals surface area contributed by atoms with Gasteiger partial charge < -0.3 is 110 Å². The number of rotatable bonds is 16. The minimum absolute atomic E-state index is 0.930. The second-order valence-electron chi connectivity index (χ2n) is 11.5. The van der Waals surface area contributed by atoms with Gasteiger partial charge in [0.15, 0.2) is 25.0 Å². The van der Waals surface area contributed by atoms with E-state index in [4.69, 9.17) is 43.3 Å². The molecule has 0 aromatic heterocycles. The van der Waals surface area contributed by atoms with Gasteiger partial charge in [0.05, 0.1) is 26.4 Å². The van der Waals surface area contributed by atoms with Crippen LogP contribution in [0.5, 0.6) is 0 Å². The van der Waals surface area contributed by atoms with Crippen LogP contribution in [0.2, 0.25) is 0 Å². The van der Waals surface area contributed by atoms with Crippen molar-refractivity contribution in [2.45, 2.75) is 117 Å². The molecule has 26 heteroatoms. The Bertz CT molecular complexity index is 1110.